The predicted octanol–water partition coefficient (Wildman–Crippen LogP) is 3.63. The number of hydrogen-bond acceptors (Lipinski definition) is 7. The van der Waals surface area contributed by atoms with Crippen molar-refractivity contribution in [3.63, 3.8) is 0 Å². The van der Waals surface area contributed by atoms with Crippen LogP contribution in [0.25, 0.3) is 22.3 Å². The van der Waals surface area contributed by atoms with Gasteiger partial charge in [-0.2, -0.15) is 13.5 Å². The standard InChI is InChI=1S/C23H32N4O6S/c1-17(15-34(29,30)31)8-12-32-10-4-9-26-14-20(24-16-26)23-19-13-18(28)6-7-21(19)27(25-23)22-5-2-3-11-33-22/h6-7,13-14,16-17,22,28H,2-5,8-12,15H2,1H3,(H,29,30,31). The van der Waals surface area contributed by atoms with Crippen molar-refractivity contribution in [2.45, 2.75) is 51.8 Å². The quantitative estimate of drug-likeness (QED) is 0.307. The Bertz CT molecular complexity index is 1200. The number of phenols is 1. The molecule has 1 aromatic carbocycles. The van der Waals surface area contributed by atoms with Crippen LogP contribution in [-0.2, 0) is 26.1 Å². The van der Waals surface area contributed by atoms with E-state index in [4.69, 9.17) is 19.1 Å². The van der Waals surface area contributed by atoms with Crippen LogP contribution >= 0.6 is 0 Å². The second-order valence-corrected chi connectivity index (χ2v) is 10.4. The Kier molecular flexibility index (Phi) is 7.87. The molecule has 0 radical (unpaired) electrons. The van der Waals surface area contributed by atoms with Crippen LogP contribution in [0.5, 0.6) is 5.75 Å². The van der Waals surface area contributed by atoms with Gasteiger partial charge in [-0.05, 0) is 56.2 Å². The van der Waals surface area contributed by atoms with E-state index in [-0.39, 0.29) is 23.6 Å². The van der Waals surface area contributed by atoms with E-state index in [2.05, 4.69) is 4.98 Å². The lowest BCUT2D eigenvalue weighted by molar-refractivity contribution is -0.0365. The Balaban J connectivity index is 1.35. The first-order valence-corrected chi connectivity index (χ1v) is 13.3. The molecule has 2 aromatic heterocycles. The molecule has 2 atom stereocenters. The highest BCUT2D eigenvalue weighted by Crippen LogP contribution is 2.33. The van der Waals surface area contributed by atoms with Crippen LogP contribution in [0.2, 0.25) is 0 Å². The molecule has 34 heavy (non-hydrogen) atoms. The van der Waals surface area contributed by atoms with Gasteiger partial charge in [0.25, 0.3) is 10.1 Å². The van der Waals surface area contributed by atoms with Crippen LogP contribution in [0.3, 0.4) is 0 Å². The highest BCUT2D eigenvalue weighted by molar-refractivity contribution is 7.85. The molecule has 2 unspecified atom stereocenters. The summed E-state index contributed by atoms with van der Waals surface area (Å²) < 4.78 is 46.1. The zero-order valence-corrected chi connectivity index (χ0v) is 20.2. The number of imidazole rings is 1. The van der Waals surface area contributed by atoms with Crippen LogP contribution in [0, 0.1) is 5.92 Å². The monoisotopic (exact) mass is 492 g/mol. The van der Waals surface area contributed by atoms with Gasteiger partial charge >= 0.3 is 0 Å². The van der Waals surface area contributed by atoms with Gasteiger partial charge in [-0.25, -0.2) is 9.67 Å². The highest BCUT2D eigenvalue weighted by Gasteiger charge is 2.22. The molecule has 0 amide bonds. The Morgan fingerprint density at radius 3 is 2.91 bits per heavy atom. The zero-order valence-electron chi connectivity index (χ0n) is 19.3. The number of aromatic nitrogens is 4. The molecule has 186 valence electrons. The number of phenolic OH excluding ortho intramolecular Hbond substituents is 1. The largest absolute Gasteiger partial charge is 0.508 e. The number of rotatable bonds is 11. The van der Waals surface area contributed by atoms with E-state index in [0.717, 1.165) is 48.9 Å². The molecule has 2 N–H and O–H groups in total. The van der Waals surface area contributed by atoms with Crippen molar-refractivity contribution in [1.29, 1.82) is 0 Å². The lowest BCUT2D eigenvalue weighted by atomic mass is 10.1. The summed E-state index contributed by atoms with van der Waals surface area (Å²) >= 11 is 0. The van der Waals surface area contributed by atoms with Gasteiger partial charge in [0, 0.05) is 37.9 Å². The average molecular weight is 493 g/mol. The van der Waals surface area contributed by atoms with Crippen LogP contribution < -0.4 is 0 Å². The topological polar surface area (TPSA) is 129 Å². The molecule has 0 bridgehead atoms. The smallest absolute Gasteiger partial charge is 0.265 e. The predicted molar refractivity (Wildman–Crippen MR) is 127 cm³/mol. The van der Waals surface area contributed by atoms with Crippen molar-refractivity contribution in [3.05, 3.63) is 30.7 Å². The first-order chi connectivity index (χ1) is 16.3. The maximum absolute atomic E-state index is 10.9. The SMILES string of the molecule is CC(CCOCCCn1cnc(-c2nn(C3CCCCO3)c3ccc(O)cc23)c1)CS(=O)(=O)O. The van der Waals surface area contributed by atoms with Crippen molar-refractivity contribution in [3.8, 4) is 17.1 Å². The zero-order chi connectivity index (χ0) is 24.1. The minimum atomic E-state index is -3.94. The van der Waals surface area contributed by atoms with Gasteiger partial charge in [-0.3, -0.25) is 4.55 Å². The van der Waals surface area contributed by atoms with Crippen LogP contribution in [0.15, 0.2) is 30.7 Å². The van der Waals surface area contributed by atoms with Gasteiger partial charge in [0.1, 0.15) is 17.1 Å². The molecule has 3 aromatic rings. The third-order valence-corrected chi connectivity index (χ3v) is 6.94. The summed E-state index contributed by atoms with van der Waals surface area (Å²) in [6.45, 7) is 4.19. The van der Waals surface area contributed by atoms with E-state index in [1.807, 2.05) is 21.5 Å². The fraction of sp³-hybridized carbons (Fsp3) is 0.565. The van der Waals surface area contributed by atoms with E-state index >= 15 is 0 Å². The van der Waals surface area contributed by atoms with Crippen molar-refractivity contribution in [1.82, 2.24) is 19.3 Å². The minimum absolute atomic E-state index is 0.117. The Hall–Kier alpha value is -2.47. The molecule has 1 saturated heterocycles. The maximum atomic E-state index is 10.9. The molecule has 0 aliphatic carbocycles. The number of nitrogens with zero attached hydrogens (tertiary/aromatic N) is 4. The van der Waals surface area contributed by atoms with Gasteiger partial charge in [-0.1, -0.05) is 6.92 Å². The number of fused-ring (bicyclic) bond motifs is 1. The summed E-state index contributed by atoms with van der Waals surface area (Å²) in [5.41, 5.74) is 2.35. The Morgan fingerprint density at radius 1 is 1.29 bits per heavy atom. The molecule has 3 heterocycles. The summed E-state index contributed by atoms with van der Waals surface area (Å²) in [6.07, 6.45) is 7.97. The summed E-state index contributed by atoms with van der Waals surface area (Å²) in [4.78, 5) is 4.54. The van der Waals surface area contributed by atoms with E-state index < -0.39 is 10.1 Å². The van der Waals surface area contributed by atoms with Crippen molar-refractivity contribution in [2.24, 2.45) is 5.92 Å². The third-order valence-electron chi connectivity index (χ3n) is 5.95. The summed E-state index contributed by atoms with van der Waals surface area (Å²) in [5, 5.41) is 15.7. The Labute approximate surface area is 199 Å². The number of aryl methyl sites for hydroxylation is 1. The fourth-order valence-electron chi connectivity index (χ4n) is 4.24. The highest BCUT2D eigenvalue weighted by atomic mass is 32.2. The first-order valence-electron chi connectivity index (χ1n) is 11.7. The summed E-state index contributed by atoms with van der Waals surface area (Å²) in [5.74, 6) is -0.219. The number of aromatic hydroxyl groups is 1. The van der Waals surface area contributed by atoms with E-state index in [1.54, 1.807) is 25.4 Å². The van der Waals surface area contributed by atoms with Gasteiger partial charge < -0.3 is 19.1 Å². The van der Waals surface area contributed by atoms with Crippen molar-refractivity contribution in [2.75, 3.05) is 25.6 Å². The second-order valence-electron chi connectivity index (χ2n) is 8.92. The molecular weight excluding hydrogens is 460 g/mol. The first kappa shape index (κ1) is 24.6. The molecule has 0 spiro atoms. The molecule has 1 aliphatic rings. The van der Waals surface area contributed by atoms with Gasteiger partial charge in [0.2, 0.25) is 0 Å². The average Bonchev–Trinajstić information content (AvgIpc) is 3.40. The van der Waals surface area contributed by atoms with Crippen LogP contribution in [0.4, 0.5) is 0 Å². The summed E-state index contributed by atoms with van der Waals surface area (Å²) in [6, 6.07) is 5.24. The molecule has 1 aliphatic heterocycles. The number of benzene rings is 1. The summed E-state index contributed by atoms with van der Waals surface area (Å²) in [7, 11) is -3.94. The lowest BCUT2D eigenvalue weighted by Gasteiger charge is -2.23. The van der Waals surface area contributed by atoms with Gasteiger partial charge in [-0.15, -0.1) is 0 Å². The molecule has 11 heteroatoms. The molecule has 1 fully saturated rings. The molecular formula is C23H32N4O6S. The van der Waals surface area contributed by atoms with E-state index in [1.165, 1.54) is 0 Å². The number of hydrogen-bond donors (Lipinski definition) is 2. The van der Waals surface area contributed by atoms with Gasteiger partial charge in [0.05, 0.1) is 17.6 Å². The normalized spacial score (nSPS) is 17.9. The molecule has 0 saturated carbocycles. The Morgan fingerprint density at radius 2 is 2.15 bits per heavy atom. The number of ether oxygens (including phenoxy) is 2. The van der Waals surface area contributed by atoms with Gasteiger partial charge in [0.15, 0.2) is 6.23 Å². The molecule has 4 rings (SSSR count). The molecule has 10 nitrogen and oxygen atoms in total. The maximum Gasteiger partial charge on any atom is 0.265 e. The van der Waals surface area contributed by atoms with E-state index in [9.17, 15) is 13.5 Å². The van der Waals surface area contributed by atoms with Crippen LogP contribution in [0.1, 0.15) is 45.3 Å². The van der Waals surface area contributed by atoms with Crippen LogP contribution in [-0.4, -0.2) is 63.0 Å². The van der Waals surface area contributed by atoms with Crippen molar-refractivity contribution >= 4 is 21.0 Å². The third kappa shape index (κ3) is 6.35. The van der Waals surface area contributed by atoms with Crippen molar-refractivity contribution < 1.29 is 27.6 Å². The fourth-order valence-corrected chi connectivity index (χ4v) is 5.12. The second kappa shape index (κ2) is 10.9. The van der Waals surface area contributed by atoms with E-state index in [0.29, 0.717) is 31.9 Å². The lowest BCUT2D eigenvalue weighted by Crippen LogP contribution is -2.19. The minimum Gasteiger partial charge on any atom is -0.508 e.